The van der Waals surface area contributed by atoms with Crippen LogP contribution in [0.25, 0.3) is 0 Å². The first-order chi connectivity index (χ1) is 6.65. The van der Waals surface area contributed by atoms with Crippen LogP contribution >= 0.6 is 0 Å². The molecule has 0 rings (SSSR count). The minimum absolute atomic E-state index is 0.0680. The van der Waals surface area contributed by atoms with Gasteiger partial charge in [-0.1, -0.05) is 0 Å². The summed E-state index contributed by atoms with van der Waals surface area (Å²) in [6.45, 7) is 3.48. The minimum atomic E-state index is -0.297. The first kappa shape index (κ1) is 13.4. The number of methoxy groups -OCH3 is 2. The summed E-state index contributed by atoms with van der Waals surface area (Å²) in [4.78, 5) is 13.0. The maximum atomic E-state index is 11.3. The highest BCUT2D eigenvalue weighted by atomic mass is 16.7. The van der Waals surface area contributed by atoms with E-state index in [-0.39, 0.29) is 12.2 Å². The normalized spacial score (nSPS) is 10.6. The molecule has 0 unspecified atom stereocenters. The summed E-state index contributed by atoms with van der Waals surface area (Å²) in [5.74, 6) is 0.0680. The molecule has 0 saturated carbocycles. The third-order valence-electron chi connectivity index (χ3n) is 2.01. The quantitative estimate of drug-likeness (QED) is 0.577. The summed E-state index contributed by atoms with van der Waals surface area (Å²) in [7, 11) is 4.90. The van der Waals surface area contributed by atoms with Crippen molar-refractivity contribution in [3.8, 4) is 0 Å². The molecule has 0 radical (unpaired) electrons. The van der Waals surface area contributed by atoms with E-state index in [1.165, 1.54) is 0 Å². The number of carbonyl (C=O) groups excluding carboxylic acids is 1. The van der Waals surface area contributed by atoms with E-state index in [1.54, 1.807) is 26.2 Å². The lowest BCUT2D eigenvalue weighted by atomic mass is 10.5. The number of amides is 1. The molecular formula is C9H20N2O3. The van der Waals surface area contributed by atoms with Gasteiger partial charge in [0.25, 0.3) is 0 Å². The number of hydrogen-bond acceptors (Lipinski definition) is 4. The van der Waals surface area contributed by atoms with Gasteiger partial charge in [0.1, 0.15) is 0 Å². The van der Waals surface area contributed by atoms with Crippen molar-refractivity contribution < 1.29 is 14.3 Å². The maximum Gasteiger partial charge on any atom is 0.236 e. The lowest BCUT2D eigenvalue weighted by Gasteiger charge is -2.17. The Labute approximate surface area is 85.4 Å². The molecule has 0 heterocycles. The summed E-state index contributed by atoms with van der Waals surface area (Å²) < 4.78 is 9.92. The van der Waals surface area contributed by atoms with Gasteiger partial charge in [-0.2, -0.15) is 0 Å². The van der Waals surface area contributed by atoms with Crippen molar-refractivity contribution in [1.29, 1.82) is 0 Å². The Hall–Kier alpha value is -0.650. The maximum absolute atomic E-state index is 11.3. The molecule has 5 heteroatoms. The van der Waals surface area contributed by atoms with Crippen molar-refractivity contribution in [1.82, 2.24) is 10.2 Å². The number of nitrogens with zero attached hydrogens (tertiary/aromatic N) is 1. The fraction of sp³-hybridized carbons (Fsp3) is 0.889. The molecule has 0 aliphatic heterocycles. The lowest BCUT2D eigenvalue weighted by molar-refractivity contribution is -0.129. The van der Waals surface area contributed by atoms with Gasteiger partial charge >= 0.3 is 0 Å². The van der Waals surface area contributed by atoms with Crippen molar-refractivity contribution in [2.24, 2.45) is 0 Å². The van der Waals surface area contributed by atoms with Crippen LogP contribution in [-0.2, 0) is 14.3 Å². The van der Waals surface area contributed by atoms with Crippen molar-refractivity contribution in [2.45, 2.75) is 13.2 Å². The number of likely N-dealkylation sites (N-methyl/N-ethyl adjacent to an activating group) is 1. The molecule has 0 aromatic carbocycles. The largest absolute Gasteiger partial charge is 0.355 e. The first-order valence-electron chi connectivity index (χ1n) is 4.66. The van der Waals surface area contributed by atoms with Gasteiger partial charge in [-0.15, -0.1) is 0 Å². The summed E-state index contributed by atoms with van der Waals surface area (Å²) in [6.07, 6.45) is -0.297. The Balaban J connectivity index is 3.57. The fourth-order valence-electron chi connectivity index (χ4n) is 0.871. The SMILES string of the molecule is CCN(C)C(=O)CNCC(OC)OC. The molecule has 0 aliphatic rings. The summed E-state index contributed by atoms with van der Waals surface area (Å²) in [5, 5.41) is 2.96. The van der Waals surface area contributed by atoms with Crippen LogP contribution in [0, 0.1) is 0 Å². The third-order valence-corrected chi connectivity index (χ3v) is 2.01. The molecule has 84 valence electrons. The molecule has 0 aromatic heterocycles. The second-order valence-corrected chi connectivity index (χ2v) is 2.94. The van der Waals surface area contributed by atoms with Crippen molar-refractivity contribution in [3.05, 3.63) is 0 Å². The Morgan fingerprint density at radius 3 is 2.43 bits per heavy atom. The zero-order chi connectivity index (χ0) is 11.0. The van der Waals surface area contributed by atoms with Crippen LogP contribution in [0.5, 0.6) is 0 Å². The van der Waals surface area contributed by atoms with Gasteiger partial charge in [0.2, 0.25) is 5.91 Å². The van der Waals surface area contributed by atoms with Crippen molar-refractivity contribution >= 4 is 5.91 Å². The number of nitrogens with one attached hydrogen (secondary N) is 1. The van der Waals surface area contributed by atoms with Crippen LogP contribution < -0.4 is 5.32 Å². The second-order valence-electron chi connectivity index (χ2n) is 2.94. The van der Waals surface area contributed by atoms with Gasteiger partial charge in [0.05, 0.1) is 6.54 Å². The van der Waals surface area contributed by atoms with Crippen LogP contribution in [0.15, 0.2) is 0 Å². The van der Waals surface area contributed by atoms with Gasteiger partial charge in [-0.05, 0) is 6.92 Å². The summed E-state index contributed by atoms with van der Waals surface area (Å²) >= 11 is 0. The number of ether oxygens (including phenoxy) is 2. The van der Waals surface area contributed by atoms with Crippen molar-refractivity contribution in [3.63, 3.8) is 0 Å². The molecule has 0 aliphatic carbocycles. The topological polar surface area (TPSA) is 50.8 Å². The van der Waals surface area contributed by atoms with Gasteiger partial charge in [-0.3, -0.25) is 4.79 Å². The average molecular weight is 204 g/mol. The van der Waals surface area contributed by atoms with E-state index in [0.29, 0.717) is 13.1 Å². The molecule has 14 heavy (non-hydrogen) atoms. The molecule has 1 N–H and O–H groups in total. The predicted octanol–water partition coefficient (Wildman–Crippen LogP) is -0.327. The molecule has 1 amide bonds. The Kier molecular flexibility index (Phi) is 7.37. The zero-order valence-electron chi connectivity index (χ0n) is 9.37. The summed E-state index contributed by atoms with van der Waals surface area (Å²) in [6, 6.07) is 0. The summed E-state index contributed by atoms with van der Waals surface area (Å²) in [5.41, 5.74) is 0. The lowest BCUT2D eigenvalue weighted by Crippen LogP contribution is -2.39. The molecule has 0 fully saturated rings. The smallest absolute Gasteiger partial charge is 0.236 e. The standard InChI is InChI=1S/C9H20N2O3/c1-5-11(2)8(12)6-10-7-9(13-3)14-4/h9-10H,5-7H2,1-4H3. The van der Waals surface area contributed by atoms with Crippen LogP contribution in [0.4, 0.5) is 0 Å². The van der Waals surface area contributed by atoms with Gasteiger partial charge in [-0.25, -0.2) is 0 Å². The monoisotopic (exact) mass is 204 g/mol. The minimum Gasteiger partial charge on any atom is -0.355 e. The highest BCUT2D eigenvalue weighted by molar-refractivity contribution is 5.77. The molecule has 0 spiro atoms. The molecule has 5 nitrogen and oxygen atoms in total. The highest BCUT2D eigenvalue weighted by Crippen LogP contribution is 1.88. The van der Waals surface area contributed by atoms with Gasteiger partial charge < -0.3 is 19.7 Å². The van der Waals surface area contributed by atoms with E-state index in [4.69, 9.17) is 9.47 Å². The molecule has 0 saturated heterocycles. The van der Waals surface area contributed by atoms with E-state index in [1.807, 2.05) is 6.92 Å². The highest BCUT2D eigenvalue weighted by Gasteiger charge is 2.08. The Morgan fingerprint density at radius 1 is 1.43 bits per heavy atom. The van der Waals surface area contributed by atoms with E-state index in [9.17, 15) is 4.79 Å². The molecular weight excluding hydrogens is 184 g/mol. The first-order valence-corrected chi connectivity index (χ1v) is 4.66. The zero-order valence-corrected chi connectivity index (χ0v) is 9.37. The molecule has 0 bridgehead atoms. The molecule has 0 atom stereocenters. The second kappa shape index (κ2) is 7.73. The van der Waals surface area contributed by atoms with E-state index in [0.717, 1.165) is 6.54 Å². The van der Waals surface area contributed by atoms with E-state index in [2.05, 4.69) is 5.32 Å². The van der Waals surface area contributed by atoms with Crippen LogP contribution in [0.3, 0.4) is 0 Å². The molecule has 0 aromatic rings. The fourth-order valence-corrected chi connectivity index (χ4v) is 0.871. The van der Waals surface area contributed by atoms with Crippen LogP contribution in [0.2, 0.25) is 0 Å². The van der Waals surface area contributed by atoms with Gasteiger partial charge in [0.15, 0.2) is 6.29 Å². The number of carbonyl (C=O) groups is 1. The third kappa shape index (κ3) is 5.16. The number of hydrogen-bond donors (Lipinski definition) is 1. The number of rotatable bonds is 7. The average Bonchev–Trinajstić information content (AvgIpc) is 2.22. The Morgan fingerprint density at radius 2 is 2.00 bits per heavy atom. The van der Waals surface area contributed by atoms with Gasteiger partial charge in [0, 0.05) is 34.4 Å². The predicted molar refractivity (Wildman–Crippen MR) is 54.0 cm³/mol. The van der Waals surface area contributed by atoms with E-state index >= 15 is 0 Å². The van der Waals surface area contributed by atoms with Crippen LogP contribution in [0.1, 0.15) is 6.92 Å². The Bertz CT molecular complexity index is 160. The van der Waals surface area contributed by atoms with Crippen LogP contribution in [-0.4, -0.2) is 58.0 Å². The van der Waals surface area contributed by atoms with Crippen molar-refractivity contribution in [2.75, 3.05) is 40.9 Å². The van der Waals surface area contributed by atoms with E-state index < -0.39 is 0 Å².